The van der Waals surface area contributed by atoms with Gasteiger partial charge in [0, 0.05) is 0 Å². The average Bonchev–Trinajstić information content (AvgIpc) is 2.99. The summed E-state index contributed by atoms with van der Waals surface area (Å²) in [4.78, 5) is 0. The highest BCUT2D eigenvalue weighted by Gasteiger charge is 2.54. The van der Waals surface area contributed by atoms with E-state index in [1.807, 2.05) is 12.1 Å². The summed E-state index contributed by atoms with van der Waals surface area (Å²) in [6.07, 6.45) is 7.87. The molecule has 0 bridgehead atoms. The second-order valence-electron chi connectivity index (χ2n) is 8.88. The van der Waals surface area contributed by atoms with Crippen molar-refractivity contribution >= 4 is 0 Å². The van der Waals surface area contributed by atoms with Crippen molar-refractivity contribution in [3.8, 4) is 5.75 Å². The number of aromatic hydroxyl groups is 1. The quantitative estimate of drug-likeness (QED) is 0.676. The first kappa shape index (κ1) is 15.5. The SMILES string of the molecule is C[C@]12CC[C@@H]3c4ccc(O)cc4CC[C@H]3[C@@H]1CC[C@@H]2c1ccccc1. The third-order valence-corrected chi connectivity index (χ3v) is 7.91. The molecule has 1 nitrogen and oxygen atoms in total. The van der Waals surface area contributed by atoms with E-state index in [0.29, 0.717) is 11.2 Å². The number of hydrogen-bond donors (Lipinski definition) is 1. The molecule has 2 aromatic rings. The largest absolute Gasteiger partial charge is 0.508 e. The van der Waals surface area contributed by atoms with E-state index in [1.165, 1.54) is 37.7 Å². The van der Waals surface area contributed by atoms with E-state index in [0.717, 1.165) is 30.1 Å². The molecule has 1 N–H and O–H groups in total. The van der Waals surface area contributed by atoms with Crippen LogP contribution in [-0.4, -0.2) is 5.11 Å². The average molecular weight is 332 g/mol. The number of phenols is 1. The van der Waals surface area contributed by atoms with Gasteiger partial charge in [0.2, 0.25) is 0 Å². The lowest BCUT2D eigenvalue weighted by atomic mass is 9.53. The molecule has 5 rings (SSSR count). The lowest BCUT2D eigenvalue weighted by Crippen LogP contribution is -2.41. The number of rotatable bonds is 1. The molecule has 0 spiro atoms. The van der Waals surface area contributed by atoms with Gasteiger partial charge in [-0.15, -0.1) is 0 Å². The van der Waals surface area contributed by atoms with Gasteiger partial charge in [-0.3, -0.25) is 0 Å². The zero-order chi connectivity index (χ0) is 17.0. The summed E-state index contributed by atoms with van der Waals surface area (Å²) >= 11 is 0. The lowest BCUT2D eigenvalue weighted by Gasteiger charge is -2.51. The van der Waals surface area contributed by atoms with Gasteiger partial charge in [0.1, 0.15) is 5.75 Å². The van der Waals surface area contributed by atoms with Crippen molar-refractivity contribution in [3.63, 3.8) is 0 Å². The van der Waals surface area contributed by atoms with Crippen molar-refractivity contribution < 1.29 is 5.11 Å². The summed E-state index contributed by atoms with van der Waals surface area (Å²) in [6.45, 7) is 2.59. The molecular weight excluding hydrogens is 304 g/mol. The van der Waals surface area contributed by atoms with Gasteiger partial charge in [-0.2, -0.15) is 0 Å². The van der Waals surface area contributed by atoms with Crippen LogP contribution in [0.15, 0.2) is 48.5 Å². The number of fused-ring (bicyclic) bond motifs is 5. The molecule has 0 saturated heterocycles. The van der Waals surface area contributed by atoms with Crippen LogP contribution in [-0.2, 0) is 6.42 Å². The molecule has 130 valence electrons. The zero-order valence-electron chi connectivity index (χ0n) is 15.1. The van der Waals surface area contributed by atoms with Crippen molar-refractivity contribution in [2.45, 2.75) is 57.3 Å². The number of benzene rings is 2. The van der Waals surface area contributed by atoms with Crippen molar-refractivity contribution in [2.75, 3.05) is 0 Å². The van der Waals surface area contributed by atoms with Crippen LogP contribution in [0, 0.1) is 17.3 Å². The minimum Gasteiger partial charge on any atom is -0.508 e. The fourth-order valence-corrected chi connectivity index (χ4v) is 6.80. The van der Waals surface area contributed by atoms with Crippen LogP contribution in [0.25, 0.3) is 0 Å². The Bertz CT molecular complexity index is 780. The number of hydrogen-bond acceptors (Lipinski definition) is 1. The molecule has 0 aliphatic heterocycles. The number of aryl methyl sites for hydroxylation is 1. The van der Waals surface area contributed by atoms with Gasteiger partial charge < -0.3 is 5.11 Å². The highest BCUT2D eigenvalue weighted by Crippen LogP contribution is 2.65. The summed E-state index contributed by atoms with van der Waals surface area (Å²) < 4.78 is 0. The molecule has 2 saturated carbocycles. The molecule has 3 aliphatic carbocycles. The van der Waals surface area contributed by atoms with Crippen LogP contribution in [0.2, 0.25) is 0 Å². The van der Waals surface area contributed by atoms with E-state index in [1.54, 1.807) is 11.1 Å². The third kappa shape index (κ3) is 2.28. The lowest BCUT2D eigenvalue weighted by molar-refractivity contribution is 0.0482. The Hall–Kier alpha value is -1.76. The van der Waals surface area contributed by atoms with Gasteiger partial charge in [0.05, 0.1) is 0 Å². The minimum absolute atomic E-state index is 0.433. The van der Waals surface area contributed by atoms with Gasteiger partial charge in [-0.25, -0.2) is 0 Å². The maximum Gasteiger partial charge on any atom is 0.115 e. The summed E-state index contributed by atoms with van der Waals surface area (Å²) in [5, 5.41) is 9.84. The maximum absolute atomic E-state index is 9.84. The first-order valence-electron chi connectivity index (χ1n) is 10.0. The van der Waals surface area contributed by atoms with Crippen LogP contribution in [0.1, 0.15) is 67.6 Å². The van der Waals surface area contributed by atoms with E-state index >= 15 is 0 Å². The monoisotopic (exact) mass is 332 g/mol. The van der Waals surface area contributed by atoms with Crippen molar-refractivity contribution in [3.05, 3.63) is 65.2 Å². The van der Waals surface area contributed by atoms with Crippen LogP contribution >= 0.6 is 0 Å². The first-order chi connectivity index (χ1) is 12.2. The summed E-state index contributed by atoms with van der Waals surface area (Å²) in [6, 6.07) is 17.4. The molecule has 3 aliphatic rings. The predicted octanol–water partition coefficient (Wildman–Crippen LogP) is 6.03. The summed E-state index contributed by atoms with van der Waals surface area (Å²) in [7, 11) is 0. The van der Waals surface area contributed by atoms with E-state index in [4.69, 9.17) is 0 Å². The Morgan fingerprint density at radius 1 is 0.960 bits per heavy atom. The molecule has 0 aromatic heterocycles. The van der Waals surface area contributed by atoms with Gasteiger partial charge in [0.25, 0.3) is 0 Å². The Kier molecular flexibility index (Phi) is 3.48. The third-order valence-electron chi connectivity index (χ3n) is 7.91. The molecule has 0 amide bonds. The Labute approximate surface area is 151 Å². The molecule has 0 unspecified atom stereocenters. The fraction of sp³-hybridized carbons (Fsp3) is 0.500. The van der Waals surface area contributed by atoms with Gasteiger partial charge in [-0.05, 0) is 96.4 Å². The predicted molar refractivity (Wildman–Crippen MR) is 102 cm³/mol. The Balaban J connectivity index is 1.48. The minimum atomic E-state index is 0.433. The molecule has 0 radical (unpaired) electrons. The first-order valence-corrected chi connectivity index (χ1v) is 10.0. The standard InChI is InChI=1S/C24H28O/c1-24-14-13-20-19-10-8-18(25)15-17(19)7-9-21(20)23(24)12-11-22(24)16-5-3-2-4-6-16/h2-6,8,10,15,20-23,25H,7,9,11-14H2,1H3/t20-,21-,22-,23+,24-/m1/s1. The van der Waals surface area contributed by atoms with Crippen LogP contribution in [0.5, 0.6) is 5.75 Å². The van der Waals surface area contributed by atoms with E-state index in [9.17, 15) is 5.11 Å². The molecule has 2 fully saturated rings. The van der Waals surface area contributed by atoms with Crippen LogP contribution in [0.4, 0.5) is 0 Å². The number of phenolic OH excluding ortho intramolecular Hbond substituents is 1. The smallest absolute Gasteiger partial charge is 0.115 e. The summed E-state index contributed by atoms with van der Waals surface area (Å²) in [5.41, 5.74) is 4.98. The molecule has 5 atom stereocenters. The van der Waals surface area contributed by atoms with Gasteiger partial charge in [-0.1, -0.05) is 43.3 Å². The normalized spacial score (nSPS) is 36.4. The van der Waals surface area contributed by atoms with Gasteiger partial charge in [0.15, 0.2) is 0 Å². The van der Waals surface area contributed by atoms with Crippen molar-refractivity contribution in [2.24, 2.45) is 17.3 Å². The molecule has 2 aromatic carbocycles. The maximum atomic E-state index is 9.84. The van der Waals surface area contributed by atoms with E-state index in [-0.39, 0.29) is 0 Å². The van der Waals surface area contributed by atoms with E-state index < -0.39 is 0 Å². The second kappa shape index (κ2) is 5.62. The Morgan fingerprint density at radius 3 is 2.64 bits per heavy atom. The molecule has 25 heavy (non-hydrogen) atoms. The summed E-state index contributed by atoms with van der Waals surface area (Å²) in [5.74, 6) is 3.59. The highest BCUT2D eigenvalue weighted by molar-refractivity contribution is 5.40. The molecule has 0 heterocycles. The topological polar surface area (TPSA) is 20.2 Å². The van der Waals surface area contributed by atoms with Crippen LogP contribution in [0.3, 0.4) is 0 Å². The van der Waals surface area contributed by atoms with Crippen LogP contribution < -0.4 is 0 Å². The van der Waals surface area contributed by atoms with Gasteiger partial charge >= 0.3 is 0 Å². The van der Waals surface area contributed by atoms with Crippen molar-refractivity contribution in [1.29, 1.82) is 0 Å². The highest BCUT2D eigenvalue weighted by atomic mass is 16.3. The second-order valence-corrected chi connectivity index (χ2v) is 8.88. The molecule has 1 heteroatoms. The van der Waals surface area contributed by atoms with Crippen molar-refractivity contribution in [1.82, 2.24) is 0 Å². The Morgan fingerprint density at radius 2 is 1.80 bits per heavy atom. The van der Waals surface area contributed by atoms with E-state index in [2.05, 4.69) is 43.3 Å². The zero-order valence-corrected chi connectivity index (χ0v) is 15.1. The molecular formula is C24H28O. The fourth-order valence-electron chi connectivity index (χ4n) is 6.80.